The van der Waals surface area contributed by atoms with Gasteiger partial charge in [0.15, 0.2) is 24.6 Å². The van der Waals surface area contributed by atoms with Gasteiger partial charge in [-0.1, -0.05) is 20.8 Å². The van der Waals surface area contributed by atoms with Gasteiger partial charge < -0.3 is 58.5 Å². The van der Waals surface area contributed by atoms with E-state index in [1.165, 1.54) is 7.11 Å². The first-order chi connectivity index (χ1) is 23.6. The highest BCUT2D eigenvalue weighted by molar-refractivity contribution is 5.80. The van der Waals surface area contributed by atoms with E-state index < -0.39 is 102 Å². The summed E-state index contributed by atoms with van der Waals surface area (Å²) in [6, 6.07) is -0.725. The van der Waals surface area contributed by atoms with Gasteiger partial charge in [0, 0.05) is 31.4 Å². The number of esters is 1. The second-order valence-electron chi connectivity index (χ2n) is 16.6. The lowest BCUT2D eigenvalue weighted by atomic mass is 9.77. The van der Waals surface area contributed by atoms with Crippen LogP contribution in [0.5, 0.6) is 0 Å². The summed E-state index contributed by atoms with van der Waals surface area (Å²) in [5.74, 6) is -2.40. The molecule has 0 saturated carbocycles. The number of nitrogens with zero attached hydrogens (tertiary/aromatic N) is 2. The number of cyclic esters (lactones) is 1. The molecule has 0 aromatic rings. The zero-order valence-corrected chi connectivity index (χ0v) is 32.9. The Hall–Kier alpha value is -1.46. The Labute approximate surface area is 304 Å². The van der Waals surface area contributed by atoms with Gasteiger partial charge in [-0.2, -0.15) is 0 Å². The van der Waals surface area contributed by atoms with Crippen molar-refractivity contribution in [2.24, 2.45) is 22.7 Å². The summed E-state index contributed by atoms with van der Waals surface area (Å²) in [7, 11) is 5.28. The lowest BCUT2D eigenvalue weighted by Gasteiger charge is -2.49. The van der Waals surface area contributed by atoms with Crippen LogP contribution in [-0.2, 0) is 38.0 Å². The topological polar surface area (TPSA) is 178 Å². The van der Waals surface area contributed by atoms with Crippen molar-refractivity contribution in [2.45, 2.75) is 185 Å². The van der Waals surface area contributed by atoms with Crippen LogP contribution in [0.2, 0.25) is 0 Å². The Morgan fingerprint density at radius 1 is 0.961 bits per heavy atom. The zero-order chi connectivity index (χ0) is 38.4. The summed E-state index contributed by atoms with van der Waals surface area (Å²) < 4.78 is 43.9. The van der Waals surface area contributed by atoms with Crippen LogP contribution in [0.3, 0.4) is 0 Å². The Balaban J connectivity index is 1.82. The minimum absolute atomic E-state index is 0.117. The molecule has 3 fully saturated rings. The van der Waals surface area contributed by atoms with Crippen LogP contribution in [0.15, 0.2) is 4.99 Å². The van der Waals surface area contributed by atoms with Crippen molar-refractivity contribution in [3.63, 3.8) is 0 Å². The van der Waals surface area contributed by atoms with Crippen molar-refractivity contribution in [3.8, 4) is 0 Å². The van der Waals surface area contributed by atoms with Gasteiger partial charge in [-0.05, 0) is 81.8 Å². The normalized spacial score (nSPS) is 50.3. The minimum atomic E-state index is -1.62. The summed E-state index contributed by atoms with van der Waals surface area (Å²) in [4.78, 5) is 20.9. The number of methoxy groups -OCH3 is 1. The second-order valence-corrected chi connectivity index (χ2v) is 16.6. The van der Waals surface area contributed by atoms with Crippen molar-refractivity contribution < 1.29 is 58.4 Å². The highest BCUT2D eigenvalue weighted by Gasteiger charge is 2.54. The molecule has 4 aliphatic rings. The summed E-state index contributed by atoms with van der Waals surface area (Å²) in [5.41, 5.74) is -4.22. The van der Waals surface area contributed by atoms with E-state index in [1.54, 1.807) is 34.6 Å². The van der Waals surface area contributed by atoms with Crippen molar-refractivity contribution in [1.29, 1.82) is 0 Å². The molecule has 4 aliphatic heterocycles. The monoisotopic (exact) mass is 730 g/mol. The molecule has 2 bridgehead atoms. The fraction of sp³-hybridized carbons (Fsp3) is 0.946. The molecule has 0 aliphatic carbocycles. The first-order valence-corrected chi connectivity index (χ1v) is 18.7. The third kappa shape index (κ3) is 8.76. The molecule has 3 saturated heterocycles. The van der Waals surface area contributed by atoms with Gasteiger partial charge in [-0.15, -0.1) is 0 Å². The zero-order valence-electron chi connectivity index (χ0n) is 32.9. The summed E-state index contributed by atoms with van der Waals surface area (Å²) in [6.07, 6.45) is -7.58. The summed E-state index contributed by atoms with van der Waals surface area (Å²) in [5, 5.41) is 46.8. The van der Waals surface area contributed by atoms with E-state index in [-0.39, 0.29) is 25.0 Å². The first-order valence-electron chi connectivity index (χ1n) is 18.7. The minimum Gasteiger partial charge on any atom is -0.472 e. The molecular formula is C37H66N2O12. The predicted molar refractivity (Wildman–Crippen MR) is 188 cm³/mol. The van der Waals surface area contributed by atoms with Gasteiger partial charge >= 0.3 is 5.97 Å². The van der Waals surface area contributed by atoms with Crippen LogP contribution < -0.4 is 0 Å². The number of carbonyl (C=O) groups excluding carboxylic acids is 1. The molecule has 4 N–H and O–H groups in total. The van der Waals surface area contributed by atoms with E-state index >= 15 is 0 Å². The Morgan fingerprint density at radius 2 is 1.61 bits per heavy atom. The van der Waals surface area contributed by atoms with E-state index in [0.717, 1.165) is 0 Å². The maximum atomic E-state index is 14.2. The predicted octanol–water partition coefficient (Wildman–Crippen LogP) is 2.41. The average molecular weight is 731 g/mol. The van der Waals surface area contributed by atoms with Gasteiger partial charge in [-0.25, -0.2) is 4.99 Å². The number of aliphatic hydroxyl groups excluding tert-OH is 2. The van der Waals surface area contributed by atoms with Crippen LogP contribution in [-0.4, -0.2) is 149 Å². The summed E-state index contributed by atoms with van der Waals surface area (Å²) in [6.45, 7) is 17.7. The third-order valence-corrected chi connectivity index (χ3v) is 11.8. The number of likely N-dealkylation sites (N-methyl/N-ethyl adjacent to an activating group) is 1. The van der Waals surface area contributed by atoms with Crippen LogP contribution >= 0.6 is 0 Å². The van der Waals surface area contributed by atoms with E-state index in [0.29, 0.717) is 18.7 Å². The molecule has 18 atom stereocenters. The third-order valence-electron chi connectivity index (χ3n) is 11.8. The number of hydrogen-bond acceptors (Lipinski definition) is 14. The number of hydrogen-bond donors (Lipinski definition) is 4. The molecule has 14 nitrogen and oxygen atoms in total. The molecule has 4 rings (SSSR count). The molecule has 0 unspecified atom stereocenters. The number of aliphatic hydroxyl groups is 4. The fourth-order valence-electron chi connectivity index (χ4n) is 8.66. The molecule has 0 amide bonds. The molecular weight excluding hydrogens is 664 g/mol. The first kappa shape index (κ1) is 42.3. The van der Waals surface area contributed by atoms with Crippen LogP contribution in [0.25, 0.3) is 0 Å². The average Bonchev–Trinajstić information content (AvgIpc) is 3.46. The molecule has 0 spiro atoms. The fourth-order valence-corrected chi connectivity index (χ4v) is 8.66. The summed E-state index contributed by atoms with van der Waals surface area (Å²) >= 11 is 0. The quantitative estimate of drug-likeness (QED) is 0.281. The van der Waals surface area contributed by atoms with Gasteiger partial charge in [0.1, 0.15) is 23.9 Å². The Morgan fingerprint density at radius 3 is 2.20 bits per heavy atom. The van der Waals surface area contributed by atoms with Crippen molar-refractivity contribution in [3.05, 3.63) is 0 Å². The van der Waals surface area contributed by atoms with Crippen molar-refractivity contribution in [2.75, 3.05) is 21.2 Å². The lowest BCUT2D eigenvalue weighted by Crippen LogP contribution is -2.61. The molecule has 0 radical (unpaired) electrons. The smallest absolute Gasteiger partial charge is 0.311 e. The Bertz CT molecular complexity index is 1220. The number of carbonyl (C=O) groups is 1. The lowest BCUT2D eigenvalue weighted by molar-refractivity contribution is -0.318. The number of fused-ring (bicyclic) bond motifs is 2. The van der Waals surface area contributed by atoms with E-state index in [2.05, 4.69) is 0 Å². The standard InChI is InChI=1S/C37H66N2O12/c1-14-25-37(10,44)31-22(6)38-32(50-31)18(2)16-35(8,43)30(51-34-27(40)24(39(11)12)15-19(3)46-34)20(4)28(21(5)33(42)48-25)49-26-17-36(9,45-13)29(41)23(7)47-26/h18-31,34,40-41,43-44H,14-17H2,1-13H3/t18-,19+,20-,21+,22+,23-,24-,25+,26-,27+,28-,29-,30+,31-,34-,35+,36+,37+/m0/s1. The molecule has 0 aromatic heterocycles. The van der Waals surface area contributed by atoms with Gasteiger partial charge in [0.25, 0.3) is 0 Å². The number of rotatable bonds is 7. The molecule has 0 aromatic carbocycles. The SMILES string of the molecule is CC[C@H]1OC(=O)[C@H](C)[C@@H](O[C@H]2C[C@@](C)(OC)[C@@H](O)[C@H](C)O2)[C@H](C)[C@@H](O[C@@H]2O[C@H](C)C[C@H](N(C)C)[C@H]2O)[C@](C)(O)C[C@H](C)C2=N[C@H](C)[C@H](O2)[C@]1(C)O. The van der Waals surface area contributed by atoms with Crippen LogP contribution in [0, 0.1) is 17.8 Å². The Kier molecular flexibility index (Phi) is 13.4. The maximum Gasteiger partial charge on any atom is 0.311 e. The second kappa shape index (κ2) is 16.1. The molecule has 51 heavy (non-hydrogen) atoms. The molecule has 296 valence electrons. The van der Waals surface area contributed by atoms with E-state index in [4.69, 9.17) is 38.2 Å². The van der Waals surface area contributed by atoms with Gasteiger partial charge in [-0.3, -0.25) is 4.79 Å². The van der Waals surface area contributed by atoms with Crippen molar-refractivity contribution in [1.82, 2.24) is 4.90 Å². The number of ether oxygens (including phenoxy) is 7. The van der Waals surface area contributed by atoms with Crippen LogP contribution in [0.4, 0.5) is 0 Å². The molecule has 4 heterocycles. The number of aliphatic imine (C=N–C) groups is 1. The molecule has 14 heteroatoms. The van der Waals surface area contributed by atoms with Crippen molar-refractivity contribution >= 4 is 11.9 Å². The maximum absolute atomic E-state index is 14.2. The van der Waals surface area contributed by atoms with Gasteiger partial charge in [0.05, 0.1) is 47.6 Å². The van der Waals surface area contributed by atoms with Crippen LogP contribution in [0.1, 0.15) is 94.9 Å². The van der Waals surface area contributed by atoms with Gasteiger partial charge in [0.2, 0.25) is 0 Å². The highest BCUT2D eigenvalue weighted by Crippen LogP contribution is 2.41. The largest absolute Gasteiger partial charge is 0.472 e. The highest BCUT2D eigenvalue weighted by atomic mass is 16.7. The van der Waals surface area contributed by atoms with E-state index in [1.807, 2.05) is 53.6 Å². The van der Waals surface area contributed by atoms with E-state index in [9.17, 15) is 25.2 Å².